The van der Waals surface area contributed by atoms with Crippen molar-refractivity contribution in [3.05, 3.63) is 70.9 Å². The highest BCUT2D eigenvalue weighted by Gasteiger charge is 2.21. The highest BCUT2D eigenvalue weighted by atomic mass is 32.2. The summed E-state index contributed by atoms with van der Waals surface area (Å²) in [6, 6.07) is 15.9. The molecule has 0 N–H and O–H groups in total. The summed E-state index contributed by atoms with van der Waals surface area (Å²) in [7, 11) is 3.34. The van der Waals surface area contributed by atoms with Crippen LogP contribution in [0.3, 0.4) is 0 Å². The number of para-hydroxylation sites is 1. The number of rotatable bonds is 5. The largest absolute Gasteiger partial charge is 0.465 e. The predicted octanol–water partition coefficient (Wildman–Crippen LogP) is 4.73. The van der Waals surface area contributed by atoms with Crippen LogP contribution in [0.4, 0.5) is 0 Å². The summed E-state index contributed by atoms with van der Waals surface area (Å²) in [5, 5.41) is 10.5. The van der Waals surface area contributed by atoms with E-state index in [2.05, 4.69) is 23.2 Å². The van der Waals surface area contributed by atoms with Gasteiger partial charge in [-0.15, -0.1) is 10.2 Å². The van der Waals surface area contributed by atoms with Gasteiger partial charge in [-0.3, -0.25) is 4.98 Å². The standard InChI is InChI=1S/C23H22N4O2S/c1-14-9-5-6-10-16(14)21-25-26-23(27(21)3)30-13-19-20(22(28)29-4)15(2)17-11-7-8-12-18(17)24-19/h5-12H,13H2,1-4H3. The molecular formula is C23H22N4O2S. The van der Waals surface area contributed by atoms with Gasteiger partial charge in [-0.1, -0.05) is 54.2 Å². The Morgan fingerprint density at radius 2 is 1.80 bits per heavy atom. The van der Waals surface area contributed by atoms with E-state index in [1.165, 1.54) is 18.9 Å². The van der Waals surface area contributed by atoms with E-state index in [0.29, 0.717) is 17.0 Å². The molecule has 7 heteroatoms. The summed E-state index contributed by atoms with van der Waals surface area (Å²) >= 11 is 1.50. The molecule has 0 atom stereocenters. The van der Waals surface area contributed by atoms with Gasteiger partial charge in [0.25, 0.3) is 0 Å². The highest BCUT2D eigenvalue weighted by Crippen LogP contribution is 2.30. The van der Waals surface area contributed by atoms with E-state index in [4.69, 9.17) is 9.72 Å². The van der Waals surface area contributed by atoms with Gasteiger partial charge >= 0.3 is 5.97 Å². The smallest absolute Gasteiger partial charge is 0.340 e. The maximum absolute atomic E-state index is 12.5. The average Bonchev–Trinajstić information content (AvgIpc) is 3.12. The number of pyridine rings is 1. The summed E-state index contributed by atoms with van der Waals surface area (Å²) in [6.45, 7) is 3.99. The van der Waals surface area contributed by atoms with E-state index < -0.39 is 0 Å². The third-order valence-corrected chi connectivity index (χ3v) is 6.21. The number of hydrogen-bond acceptors (Lipinski definition) is 6. The Balaban J connectivity index is 1.69. The average molecular weight is 419 g/mol. The number of ether oxygens (including phenoxy) is 1. The van der Waals surface area contributed by atoms with Crippen molar-refractivity contribution in [2.45, 2.75) is 24.8 Å². The number of esters is 1. The third kappa shape index (κ3) is 3.57. The molecule has 0 aliphatic heterocycles. The second kappa shape index (κ2) is 8.28. The van der Waals surface area contributed by atoms with Crippen LogP contribution >= 0.6 is 11.8 Å². The third-order valence-electron chi connectivity index (χ3n) is 5.18. The number of methoxy groups -OCH3 is 1. The van der Waals surface area contributed by atoms with Gasteiger partial charge in [0.15, 0.2) is 11.0 Å². The van der Waals surface area contributed by atoms with Crippen molar-refractivity contribution in [1.29, 1.82) is 0 Å². The van der Waals surface area contributed by atoms with Gasteiger partial charge in [0, 0.05) is 23.8 Å². The quantitative estimate of drug-likeness (QED) is 0.345. The first-order chi connectivity index (χ1) is 14.5. The van der Waals surface area contributed by atoms with Crippen LogP contribution in [0, 0.1) is 13.8 Å². The molecule has 0 saturated heterocycles. The van der Waals surface area contributed by atoms with Gasteiger partial charge < -0.3 is 9.30 Å². The number of benzene rings is 2. The maximum atomic E-state index is 12.5. The zero-order chi connectivity index (χ0) is 21.3. The van der Waals surface area contributed by atoms with Crippen molar-refractivity contribution in [1.82, 2.24) is 19.7 Å². The van der Waals surface area contributed by atoms with E-state index in [9.17, 15) is 4.79 Å². The summed E-state index contributed by atoms with van der Waals surface area (Å²) in [6.07, 6.45) is 0. The molecule has 0 aliphatic carbocycles. The number of hydrogen-bond donors (Lipinski definition) is 0. The van der Waals surface area contributed by atoms with Crippen LogP contribution in [0.25, 0.3) is 22.3 Å². The fraction of sp³-hybridized carbons (Fsp3) is 0.217. The van der Waals surface area contributed by atoms with Crippen LogP contribution in [-0.4, -0.2) is 32.8 Å². The Morgan fingerprint density at radius 3 is 2.57 bits per heavy atom. The van der Waals surface area contributed by atoms with Gasteiger partial charge in [-0.2, -0.15) is 0 Å². The molecule has 2 heterocycles. The molecule has 0 bridgehead atoms. The van der Waals surface area contributed by atoms with Crippen molar-refractivity contribution >= 4 is 28.6 Å². The lowest BCUT2D eigenvalue weighted by atomic mass is 10.0. The number of carbonyl (C=O) groups is 1. The van der Waals surface area contributed by atoms with Crippen LogP contribution in [0.15, 0.2) is 53.7 Å². The van der Waals surface area contributed by atoms with Crippen LogP contribution in [-0.2, 0) is 17.5 Å². The Morgan fingerprint density at radius 1 is 1.07 bits per heavy atom. The molecule has 0 amide bonds. The molecule has 4 aromatic rings. The first kappa shape index (κ1) is 20.1. The topological polar surface area (TPSA) is 69.9 Å². The van der Waals surface area contributed by atoms with Gasteiger partial charge in [-0.05, 0) is 31.0 Å². The molecule has 152 valence electrons. The Kier molecular flexibility index (Phi) is 5.55. The minimum Gasteiger partial charge on any atom is -0.465 e. The molecule has 6 nitrogen and oxygen atoms in total. The minimum absolute atomic E-state index is 0.375. The SMILES string of the molecule is COC(=O)c1c(CSc2nnc(-c3ccccc3C)n2C)nc2ccccc2c1C. The summed E-state index contributed by atoms with van der Waals surface area (Å²) < 4.78 is 7.01. The van der Waals surface area contributed by atoms with Crippen molar-refractivity contribution in [2.24, 2.45) is 7.05 Å². The number of nitrogens with zero attached hydrogens (tertiary/aromatic N) is 4. The van der Waals surface area contributed by atoms with Crippen molar-refractivity contribution in [2.75, 3.05) is 7.11 Å². The molecule has 2 aromatic carbocycles. The van der Waals surface area contributed by atoms with E-state index in [-0.39, 0.29) is 5.97 Å². The van der Waals surface area contributed by atoms with E-state index in [1.807, 2.05) is 61.0 Å². The highest BCUT2D eigenvalue weighted by molar-refractivity contribution is 7.98. The predicted molar refractivity (Wildman–Crippen MR) is 119 cm³/mol. The molecular weight excluding hydrogens is 396 g/mol. The first-order valence-corrected chi connectivity index (χ1v) is 10.5. The molecule has 0 radical (unpaired) electrons. The lowest BCUT2D eigenvalue weighted by Crippen LogP contribution is -2.10. The fourth-order valence-corrected chi connectivity index (χ4v) is 4.40. The van der Waals surface area contributed by atoms with Crippen LogP contribution in [0.2, 0.25) is 0 Å². The lowest BCUT2D eigenvalue weighted by Gasteiger charge is -2.13. The lowest BCUT2D eigenvalue weighted by molar-refractivity contribution is 0.0598. The molecule has 30 heavy (non-hydrogen) atoms. The minimum atomic E-state index is -0.375. The monoisotopic (exact) mass is 418 g/mol. The Hall–Kier alpha value is -3.19. The van der Waals surface area contributed by atoms with E-state index in [1.54, 1.807) is 0 Å². The number of fused-ring (bicyclic) bond motifs is 1. The van der Waals surface area contributed by atoms with Gasteiger partial charge in [-0.25, -0.2) is 4.79 Å². The molecule has 0 spiro atoms. The van der Waals surface area contributed by atoms with Crippen LogP contribution in [0.5, 0.6) is 0 Å². The maximum Gasteiger partial charge on any atom is 0.340 e. The molecule has 0 aliphatic rings. The summed E-state index contributed by atoms with van der Waals surface area (Å²) in [5.74, 6) is 0.918. The number of aromatic nitrogens is 4. The van der Waals surface area contributed by atoms with Crippen molar-refractivity contribution in [3.63, 3.8) is 0 Å². The van der Waals surface area contributed by atoms with Crippen LogP contribution < -0.4 is 0 Å². The molecule has 2 aromatic heterocycles. The molecule has 0 fully saturated rings. The van der Waals surface area contributed by atoms with Gasteiger partial charge in [0.2, 0.25) is 0 Å². The summed E-state index contributed by atoms with van der Waals surface area (Å²) in [4.78, 5) is 17.2. The number of thioether (sulfide) groups is 1. The Bertz CT molecular complexity index is 1250. The van der Waals surface area contributed by atoms with Gasteiger partial charge in [0.05, 0.1) is 23.9 Å². The molecule has 0 saturated carbocycles. The van der Waals surface area contributed by atoms with E-state index >= 15 is 0 Å². The fourth-order valence-electron chi connectivity index (χ4n) is 3.55. The summed E-state index contributed by atoms with van der Waals surface area (Å²) in [5.41, 5.74) is 5.13. The first-order valence-electron chi connectivity index (χ1n) is 9.56. The zero-order valence-electron chi connectivity index (χ0n) is 17.3. The van der Waals surface area contributed by atoms with Crippen molar-refractivity contribution < 1.29 is 9.53 Å². The van der Waals surface area contributed by atoms with Gasteiger partial charge in [0.1, 0.15) is 0 Å². The van der Waals surface area contributed by atoms with E-state index in [0.717, 1.165) is 38.6 Å². The number of aryl methyl sites for hydroxylation is 2. The second-order valence-corrected chi connectivity index (χ2v) is 7.98. The number of carbonyl (C=O) groups excluding carboxylic acids is 1. The van der Waals surface area contributed by atoms with Crippen LogP contribution in [0.1, 0.15) is 27.2 Å². The second-order valence-electron chi connectivity index (χ2n) is 7.04. The van der Waals surface area contributed by atoms with Crippen molar-refractivity contribution in [3.8, 4) is 11.4 Å². The Labute approximate surface area is 179 Å². The normalized spacial score (nSPS) is 11.1. The molecule has 4 rings (SSSR count). The molecule has 0 unspecified atom stereocenters. The zero-order valence-corrected chi connectivity index (χ0v) is 18.2.